The number of amides is 2. The molecule has 9 heteroatoms. The molecule has 2 amide bonds. The van der Waals surface area contributed by atoms with Crippen molar-refractivity contribution in [2.24, 2.45) is 0 Å². The van der Waals surface area contributed by atoms with E-state index in [0.717, 1.165) is 0 Å². The van der Waals surface area contributed by atoms with Crippen LogP contribution in [-0.4, -0.2) is 54.7 Å². The van der Waals surface area contributed by atoms with E-state index < -0.39 is 33.5 Å². The Morgan fingerprint density at radius 2 is 1.85 bits per heavy atom. The predicted molar refractivity (Wildman–Crippen MR) is 97.7 cm³/mol. The molecule has 0 radical (unpaired) electrons. The first-order valence-corrected chi connectivity index (χ1v) is 10.1. The Morgan fingerprint density at radius 3 is 2.52 bits per heavy atom. The molecule has 27 heavy (non-hydrogen) atoms. The topological polar surface area (TPSA) is 96.4 Å². The number of nitrogens with one attached hydrogen (secondary N) is 1. The predicted octanol–water partition coefficient (Wildman–Crippen LogP) is 1.73. The summed E-state index contributed by atoms with van der Waals surface area (Å²) in [7, 11) is -1.61. The van der Waals surface area contributed by atoms with Crippen LogP contribution in [0.25, 0.3) is 0 Å². The van der Waals surface area contributed by atoms with Crippen molar-refractivity contribution >= 4 is 27.3 Å². The lowest BCUT2D eigenvalue weighted by Crippen LogP contribution is -2.38. The number of para-hydroxylation sites is 1. The first-order valence-electron chi connectivity index (χ1n) is 8.27. The van der Waals surface area contributed by atoms with Gasteiger partial charge in [0.15, 0.2) is 9.84 Å². The zero-order valence-electron chi connectivity index (χ0n) is 14.6. The van der Waals surface area contributed by atoms with E-state index in [4.69, 9.17) is 0 Å². The zero-order valence-corrected chi connectivity index (χ0v) is 15.4. The Morgan fingerprint density at radius 1 is 1.15 bits per heavy atom. The molecule has 0 bridgehead atoms. The van der Waals surface area contributed by atoms with Crippen molar-refractivity contribution in [2.75, 3.05) is 23.9 Å². The summed E-state index contributed by atoms with van der Waals surface area (Å²) >= 11 is 0. The number of aromatic nitrogens is 1. The van der Waals surface area contributed by atoms with Crippen molar-refractivity contribution in [3.05, 3.63) is 59.7 Å². The van der Waals surface area contributed by atoms with Crippen LogP contribution >= 0.6 is 0 Å². The van der Waals surface area contributed by atoms with Crippen LogP contribution in [0.5, 0.6) is 0 Å². The number of sulfone groups is 1. The number of rotatable bonds is 4. The molecule has 1 unspecified atom stereocenters. The Labute approximate surface area is 156 Å². The maximum absolute atomic E-state index is 13.7. The van der Waals surface area contributed by atoms with E-state index in [9.17, 15) is 22.4 Å². The molecule has 7 nitrogen and oxygen atoms in total. The fourth-order valence-electron chi connectivity index (χ4n) is 2.86. The summed E-state index contributed by atoms with van der Waals surface area (Å²) in [6.45, 7) is 0. The number of hydrogen-bond acceptors (Lipinski definition) is 5. The average Bonchev–Trinajstić information content (AvgIpc) is 3.02. The number of carbonyl (C=O) groups excluding carboxylic acids is 2. The van der Waals surface area contributed by atoms with Gasteiger partial charge in [-0.1, -0.05) is 18.2 Å². The second-order valence-corrected chi connectivity index (χ2v) is 8.54. The highest BCUT2D eigenvalue weighted by Crippen LogP contribution is 2.18. The average molecular weight is 391 g/mol. The lowest BCUT2D eigenvalue weighted by atomic mass is 10.2. The highest BCUT2D eigenvalue weighted by molar-refractivity contribution is 7.91. The van der Waals surface area contributed by atoms with Crippen molar-refractivity contribution < 1.29 is 22.4 Å². The molecule has 0 aliphatic carbocycles. The molecule has 3 rings (SSSR count). The van der Waals surface area contributed by atoms with E-state index in [0.29, 0.717) is 6.42 Å². The van der Waals surface area contributed by atoms with E-state index >= 15 is 0 Å². The summed E-state index contributed by atoms with van der Waals surface area (Å²) < 4.78 is 36.9. The van der Waals surface area contributed by atoms with Gasteiger partial charge in [-0.15, -0.1) is 0 Å². The van der Waals surface area contributed by atoms with Gasteiger partial charge in [0.1, 0.15) is 17.2 Å². The minimum Gasteiger partial charge on any atom is -0.336 e. The number of benzene rings is 1. The van der Waals surface area contributed by atoms with Gasteiger partial charge in [-0.2, -0.15) is 0 Å². The quantitative estimate of drug-likeness (QED) is 0.856. The summed E-state index contributed by atoms with van der Waals surface area (Å²) in [6.07, 6.45) is 0.373. The van der Waals surface area contributed by atoms with Crippen LogP contribution in [0.4, 0.5) is 10.1 Å². The minimum atomic E-state index is -3.13. The van der Waals surface area contributed by atoms with Gasteiger partial charge in [0.2, 0.25) is 0 Å². The maximum atomic E-state index is 13.7. The molecule has 2 aromatic rings. The van der Waals surface area contributed by atoms with Gasteiger partial charge in [-0.05, 0) is 30.7 Å². The number of carbonyl (C=O) groups is 2. The van der Waals surface area contributed by atoms with Gasteiger partial charge in [-0.25, -0.2) is 17.8 Å². The lowest BCUT2D eigenvalue weighted by molar-refractivity contribution is 0.0741. The van der Waals surface area contributed by atoms with Crippen LogP contribution in [-0.2, 0) is 9.84 Å². The maximum Gasteiger partial charge on any atom is 0.274 e. The molecule has 2 heterocycles. The molecule has 142 valence electrons. The van der Waals surface area contributed by atoms with Crippen LogP contribution in [0.2, 0.25) is 0 Å². The normalized spacial score (nSPS) is 18.1. The molecule has 1 aliphatic rings. The summed E-state index contributed by atoms with van der Waals surface area (Å²) in [5, 5.41) is 2.41. The van der Waals surface area contributed by atoms with Crippen molar-refractivity contribution in [1.29, 1.82) is 0 Å². The fourth-order valence-corrected chi connectivity index (χ4v) is 4.63. The van der Waals surface area contributed by atoms with E-state index in [-0.39, 0.29) is 28.6 Å². The van der Waals surface area contributed by atoms with Crippen LogP contribution in [0.1, 0.15) is 27.4 Å². The third-order valence-electron chi connectivity index (χ3n) is 4.40. The first-order chi connectivity index (χ1) is 12.8. The first kappa shape index (κ1) is 19.0. The third kappa shape index (κ3) is 4.30. The molecule has 0 spiro atoms. The Bertz CT molecular complexity index is 994. The van der Waals surface area contributed by atoms with E-state index in [1.807, 2.05) is 0 Å². The molecule has 1 atom stereocenters. The molecule has 1 aromatic carbocycles. The van der Waals surface area contributed by atoms with Crippen molar-refractivity contribution in [1.82, 2.24) is 9.88 Å². The van der Waals surface area contributed by atoms with Crippen LogP contribution in [0.15, 0.2) is 42.5 Å². The SMILES string of the molecule is CN(C(=O)c1cccc(C(=O)Nc2ccccc2F)n1)C1CCS(=O)(=O)C1. The molecule has 1 fully saturated rings. The van der Waals surface area contributed by atoms with Gasteiger partial charge >= 0.3 is 0 Å². The van der Waals surface area contributed by atoms with Crippen molar-refractivity contribution in [3.63, 3.8) is 0 Å². The van der Waals surface area contributed by atoms with Crippen molar-refractivity contribution in [3.8, 4) is 0 Å². The standard InChI is InChI=1S/C18H18FN3O4S/c1-22(12-9-10-27(25,26)11-12)18(24)16-8-4-7-15(20-16)17(23)21-14-6-3-2-5-13(14)19/h2-8,12H,9-11H2,1H3,(H,21,23). The molecule has 1 aromatic heterocycles. The Hall–Kier alpha value is -2.81. The monoisotopic (exact) mass is 391 g/mol. The smallest absolute Gasteiger partial charge is 0.274 e. The number of hydrogen-bond donors (Lipinski definition) is 1. The molecule has 1 aliphatic heterocycles. The van der Waals surface area contributed by atoms with Gasteiger partial charge < -0.3 is 10.2 Å². The van der Waals surface area contributed by atoms with Gasteiger partial charge in [0.25, 0.3) is 11.8 Å². The van der Waals surface area contributed by atoms with Crippen molar-refractivity contribution in [2.45, 2.75) is 12.5 Å². The lowest BCUT2D eigenvalue weighted by Gasteiger charge is -2.23. The van der Waals surface area contributed by atoms with Gasteiger partial charge in [-0.3, -0.25) is 9.59 Å². The number of pyridine rings is 1. The summed E-state index contributed by atoms with van der Waals surface area (Å²) in [5.41, 5.74) is -0.0196. The second-order valence-electron chi connectivity index (χ2n) is 6.31. The minimum absolute atomic E-state index is 0.00862. The summed E-state index contributed by atoms with van der Waals surface area (Å²) in [5.74, 6) is -1.74. The number of halogens is 1. The highest BCUT2D eigenvalue weighted by Gasteiger charge is 2.33. The third-order valence-corrected chi connectivity index (χ3v) is 6.15. The number of anilines is 1. The summed E-state index contributed by atoms with van der Waals surface area (Å²) in [4.78, 5) is 30.3. The van der Waals surface area contributed by atoms with E-state index in [2.05, 4.69) is 10.3 Å². The largest absolute Gasteiger partial charge is 0.336 e. The van der Waals surface area contributed by atoms with Crippen LogP contribution in [0, 0.1) is 5.82 Å². The molecule has 0 saturated carbocycles. The van der Waals surface area contributed by atoms with E-state index in [1.54, 1.807) is 6.07 Å². The van der Waals surface area contributed by atoms with Gasteiger partial charge in [0.05, 0.1) is 17.2 Å². The second kappa shape index (κ2) is 7.43. The van der Waals surface area contributed by atoms with Crippen LogP contribution in [0.3, 0.4) is 0 Å². The fraction of sp³-hybridized carbons (Fsp3) is 0.278. The molecular formula is C18H18FN3O4S. The highest BCUT2D eigenvalue weighted by atomic mass is 32.2. The molecule has 1 saturated heterocycles. The summed E-state index contributed by atoms with van der Waals surface area (Å²) in [6, 6.07) is 9.65. The Balaban J connectivity index is 1.76. The van der Waals surface area contributed by atoms with E-state index in [1.165, 1.54) is 48.3 Å². The zero-order chi connectivity index (χ0) is 19.6. The Kier molecular flexibility index (Phi) is 5.22. The van der Waals surface area contributed by atoms with Gasteiger partial charge in [0, 0.05) is 13.1 Å². The number of nitrogens with zero attached hydrogens (tertiary/aromatic N) is 2. The van der Waals surface area contributed by atoms with Crippen LogP contribution < -0.4 is 5.32 Å². The molecular weight excluding hydrogens is 373 g/mol. The molecule has 1 N–H and O–H groups in total.